The first-order chi connectivity index (χ1) is 7.09. The molecule has 1 heterocycles. The highest BCUT2D eigenvalue weighted by atomic mass is 35.5. The lowest BCUT2D eigenvalue weighted by Crippen LogP contribution is -2.00. The van der Waals surface area contributed by atoms with Crippen molar-refractivity contribution in [2.45, 2.75) is 6.92 Å². The maximum atomic E-state index is 11.0. The van der Waals surface area contributed by atoms with Crippen molar-refractivity contribution in [1.29, 1.82) is 0 Å². The van der Waals surface area contributed by atoms with Crippen molar-refractivity contribution < 1.29 is 9.90 Å². The van der Waals surface area contributed by atoms with Crippen molar-refractivity contribution >= 4 is 28.5 Å². The molecule has 76 valence electrons. The molecule has 0 saturated carbocycles. The van der Waals surface area contributed by atoms with Crippen molar-refractivity contribution in [2.75, 3.05) is 0 Å². The zero-order valence-corrected chi connectivity index (χ0v) is 8.75. The molecule has 0 radical (unpaired) electrons. The summed E-state index contributed by atoms with van der Waals surface area (Å²) in [6, 6.07) is 5.23. The highest BCUT2D eigenvalue weighted by Crippen LogP contribution is 2.24. The third-order valence-corrected chi connectivity index (χ3v) is 2.47. The number of hydrogen-bond acceptors (Lipinski definition) is 2. The molecular weight excluding hydrogens is 220 g/mol. The lowest BCUT2D eigenvalue weighted by Gasteiger charge is -2.04. The summed E-state index contributed by atoms with van der Waals surface area (Å²) in [5.74, 6) is -1.05. The van der Waals surface area contributed by atoms with Gasteiger partial charge in [-0.05, 0) is 24.6 Å². The van der Waals surface area contributed by atoms with E-state index in [1.54, 1.807) is 18.3 Å². The summed E-state index contributed by atoms with van der Waals surface area (Å²) in [6.45, 7) is 1.90. The van der Waals surface area contributed by atoms with Gasteiger partial charge in [0, 0.05) is 11.6 Å². The summed E-state index contributed by atoms with van der Waals surface area (Å²) in [6.07, 6.45) is 1.63. The maximum absolute atomic E-state index is 11.0. The largest absolute Gasteiger partial charge is 0.478 e. The van der Waals surface area contributed by atoms with E-state index in [1.807, 2.05) is 13.0 Å². The number of aromatic carboxylic acids is 1. The first-order valence-corrected chi connectivity index (χ1v) is 4.75. The molecule has 0 spiro atoms. The fourth-order valence-electron chi connectivity index (χ4n) is 1.49. The van der Waals surface area contributed by atoms with Gasteiger partial charge in [-0.3, -0.25) is 4.98 Å². The van der Waals surface area contributed by atoms with Crippen LogP contribution in [0.25, 0.3) is 10.9 Å². The van der Waals surface area contributed by atoms with E-state index >= 15 is 0 Å². The molecule has 1 N–H and O–H groups in total. The number of halogens is 1. The molecule has 0 saturated heterocycles. The van der Waals surface area contributed by atoms with Crippen LogP contribution in [0.1, 0.15) is 15.9 Å². The van der Waals surface area contributed by atoms with Gasteiger partial charge < -0.3 is 5.11 Å². The fourth-order valence-corrected chi connectivity index (χ4v) is 1.72. The number of nitrogens with zero attached hydrogens (tertiary/aromatic N) is 1. The van der Waals surface area contributed by atoms with E-state index in [9.17, 15) is 4.79 Å². The van der Waals surface area contributed by atoms with Crippen LogP contribution in [0.2, 0.25) is 5.02 Å². The molecule has 0 atom stereocenters. The molecule has 0 unspecified atom stereocenters. The van der Waals surface area contributed by atoms with Crippen LogP contribution in [-0.4, -0.2) is 16.1 Å². The lowest BCUT2D eigenvalue weighted by molar-refractivity contribution is 0.0699. The van der Waals surface area contributed by atoms with E-state index in [2.05, 4.69) is 4.98 Å². The molecule has 1 aromatic heterocycles. The monoisotopic (exact) mass is 227 g/mol. The Kier molecular flexibility index (Phi) is 2.32. The summed E-state index contributed by atoms with van der Waals surface area (Å²) in [4.78, 5) is 15.1. The Morgan fingerprint density at radius 2 is 2.20 bits per heavy atom. The molecule has 1 aromatic carbocycles. The highest BCUT2D eigenvalue weighted by Gasteiger charge is 2.14. The van der Waals surface area contributed by atoms with Gasteiger partial charge >= 0.3 is 5.97 Å². The van der Waals surface area contributed by atoms with Gasteiger partial charge in [-0.15, -0.1) is 0 Å². The molecule has 0 bridgehead atoms. The van der Waals surface area contributed by atoms with Crippen LogP contribution >= 0.6 is 11.6 Å². The normalized spacial score (nSPS) is 10.5. The zero-order chi connectivity index (χ0) is 11.0. The second kappa shape index (κ2) is 3.51. The van der Waals surface area contributed by atoms with Crippen molar-refractivity contribution in [2.24, 2.45) is 0 Å². The Labute approximate surface area is 91.3 Å². The minimum absolute atomic E-state index is 0.0640. The molecule has 0 aliphatic heterocycles. The molecular formula is C11H8ClNO2. The predicted molar refractivity (Wildman–Crippen MR) is 58.4 cm³/mol. The summed E-state index contributed by atoms with van der Waals surface area (Å²) in [5.41, 5.74) is 1.48. The Bertz CT molecular complexity index is 552. The standard InChI is InChI=1S/C11H8ClNO2/c1-6-4-7-2-3-8(12)9(11(14)15)10(7)13-5-6/h2-5H,1H3,(H,14,15)/i2+1,3+1,7+1,8+1,9+1,10+1. The van der Waals surface area contributed by atoms with Gasteiger partial charge in [0.25, 0.3) is 0 Å². The van der Waals surface area contributed by atoms with Gasteiger partial charge in [0.2, 0.25) is 0 Å². The quantitative estimate of drug-likeness (QED) is 0.815. The van der Waals surface area contributed by atoms with Crippen LogP contribution in [0.4, 0.5) is 0 Å². The van der Waals surface area contributed by atoms with Crippen molar-refractivity contribution in [3.63, 3.8) is 0 Å². The van der Waals surface area contributed by atoms with Crippen molar-refractivity contribution in [3.05, 3.63) is 40.5 Å². The number of pyridine rings is 1. The molecule has 0 amide bonds. The summed E-state index contributed by atoms with van der Waals surface area (Å²) < 4.78 is 0. The van der Waals surface area contributed by atoms with Crippen LogP contribution in [0, 0.1) is 6.92 Å². The number of rotatable bonds is 1. The topological polar surface area (TPSA) is 50.2 Å². The Balaban J connectivity index is 2.88. The SMILES string of the molecule is Cc1cn[13c]2[13c](C(=O)O)[13c](Cl)[13cH][13cH][13c]2c1. The third-order valence-electron chi connectivity index (χ3n) is 2.15. The summed E-state index contributed by atoms with van der Waals surface area (Å²) in [5, 5.41) is 10.0. The molecule has 0 aliphatic rings. The molecule has 0 aliphatic carbocycles. The number of fused-ring (bicyclic) bond motifs is 1. The van der Waals surface area contributed by atoms with Gasteiger partial charge in [0.15, 0.2) is 0 Å². The second-order valence-corrected chi connectivity index (χ2v) is 3.72. The van der Waals surface area contributed by atoms with Gasteiger partial charge in [-0.1, -0.05) is 17.7 Å². The van der Waals surface area contributed by atoms with Crippen LogP contribution in [0.3, 0.4) is 0 Å². The highest BCUT2D eigenvalue weighted by molar-refractivity contribution is 6.35. The van der Waals surface area contributed by atoms with Gasteiger partial charge in [-0.25, -0.2) is 4.79 Å². The Morgan fingerprint density at radius 1 is 1.47 bits per heavy atom. The van der Waals surface area contributed by atoms with Crippen LogP contribution in [0.15, 0.2) is 24.4 Å². The van der Waals surface area contributed by atoms with Crippen LogP contribution in [-0.2, 0) is 0 Å². The summed E-state index contributed by atoms with van der Waals surface area (Å²) >= 11 is 5.82. The number of aryl methyl sites for hydroxylation is 1. The number of carbonyl (C=O) groups is 1. The minimum atomic E-state index is -1.05. The molecule has 2 rings (SSSR count). The maximum Gasteiger partial charge on any atom is 0.339 e. The fraction of sp³-hybridized carbons (Fsp3) is 0.0909. The molecule has 3 nitrogen and oxygen atoms in total. The number of hydrogen-bond donors (Lipinski definition) is 1. The Hall–Kier alpha value is -1.61. The van der Waals surface area contributed by atoms with E-state index in [0.717, 1.165) is 10.9 Å². The molecule has 0 fully saturated rings. The van der Waals surface area contributed by atoms with E-state index in [-0.39, 0.29) is 10.6 Å². The van der Waals surface area contributed by atoms with E-state index < -0.39 is 5.97 Å². The number of benzene rings is 1. The number of carboxylic acids is 1. The zero-order valence-electron chi connectivity index (χ0n) is 7.99. The first kappa shape index (κ1) is 9.93. The van der Waals surface area contributed by atoms with Crippen LogP contribution in [0.5, 0.6) is 0 Å². The Morgan fingerprint density at radius 3 is 2.87 bits per heavy atom. The van der Waals surface area contributed by atoms with Gasteiger partial charge in [0.05, 0.1) is 10.5 Å². The van der Waals surface area contributed by atoms with Gasteiger partial charge in [0.1, 0.15) is 5.56 Å². The third kappa shape index (κ3) is 1.66. The van der Waals surface area contributed by atoms with Crippen molar-refractivity contribution in [1.82, 2.24) is 4.98 Å². The van der Waals surface area contributed by atoms with Crippen molar-refractivity contribution in [3.8, 4) is 0 Å². The first-order valence-electron chi connectivity index (χ1n) is 4.38. The number of aromatic nitrogens is 1. The minimum Gasteiger partial charge on any atom is -0.478 e. The number of carboxylic acid groups (broad SMARTS) is 1. The van der Waals surface area contributed by atoms with E-state index in [0.29, 0.717) is 5.52 Å². The smallest absolute Gasteiger partial charge is 0.339 e. The second-order valence-electron chi connectivity index (χ2n) is 3.31. The van der Waals surface area contributed by atoms with E-state index in [4.69, 9.17) is 16.7 Å². The van der Waals surface area contributed by atoms with Crippen LogP contribution < -0.4 is 0 Å². The van der Waals surface area contributed by atoms with E-state index in [1.165, 1.54) is 0 Å². The average molecular weight is 228 g/mol. The molecule has 2 aromatic rings. The average Bonchev–Trinajstić information content (AvgIpc) is 2.17. The lowest BCUT2D eigenvalue weighted by atomic mass is 10.4. The molecule has 15 heavy (non-hydrogen) atoms. The predicted octanol–water partition coefficient (Wildman–Crippen LogP) is 2.89. The molecule has 4 heteroatoms. The summed E-state index contributed by atoms with van der Waals surface area (Å²) in [7, 11) is 0. The van der Waals surface area contributed by atoms with Gasteiger partial charge in [-0.2, -0.15) is 0 Å².